The summed E-state index contributed by atoms with van der Waals surface area (Å²) in [6.45, 7) is 7.38. The molecule has 0 aromatic carbocycles. The van der Waals surface area contributed by atoms with Crippen molar-refractivity contribution in [2.45, 2.75) is 39.2 Å². The number of nitrogens with zero attached hydrogens (tertiary/aromatic N) is 1. The molecule has 1 amide bonds. The molecule has 17 heavy (non-hydrogen) atoms. The highest BCUT2D eigenvalue weighted by Crippen LogP contribution is 2.39. The van der Waals surface area contributed by atoms with E-state index in [1.807, 2.05) is 18.7 Å². The van der Waals surface area contributed by atoms with Gasteiger partial charge in [0.2, 0.25) is 5.91 Å². The van der Waals surface area contributed by atoms with Gasteiger partial charge in [-0.25, -0.2) is 0 Å². The van der Waals surface area contributed by atoms with Gasteiger partial charge in [0.1, 0.15) is 0 Å². The van der Waals surface area contributed by atoms with Crippen LogP contribution in [-0.4, -0.2) is 48.2 Å². The van der Waals surface area contributed by atoms with Crippen LogP contribution < -0.4 is 5.32 Å². The smallest absolute Gasteiger partial charge is 0.223 e. The fraction of sp³-hybridized carbons (Fsp3) is 0.923. The molecule has 0 radical (unpaired) electrons. The van der Waals surface area contributed by atoms with E-state index >= 15 is 0 Å². The van der Waals surface area contributed by atoms with E-state index in [1.165, 1.54) is 0 Å². The van der Waals surface area contributed by atoms with Crippen LogP contribution in [0.2, 0.25) is 0 Å². The average molecular weight is 240 g/mol. The topological polar surface area (TPSA) is 52.6 Å². The molecule has 1 atom stereocenters. The van der Waals surface area contributed by atoms with Crippen LogP contribution in [0.15, 0.2) is 0 Å². The van der Waals surface area contributed by atoms with Crippen LogP contribution in [0.1, 0.15) is 33.1 Å². The van der Waals surface area contributed by atoms with Gasteiger partial charge in [-0.05, 0) is 37.3 Å². The lowest BCUT2D eigenvalue weighted by Crippen LogP contribution is -2.40. The molecule has 0 saturated carbocycles. The highest BCUT2D eigenvalue weighted by Gasteiger charge is 2.43. The molecule has 0 aliphatic carbocycles. The predicted octanol–water partition coefficient (Wildman–Crippen LogP) is 0.605. The SMILES string of the molecule is CC(C)C(O)CN1CC2(CCNCC2)CC1=O. The van der Waals surface area contributed by atoms with Crippen LogP contribution in [0, 0.1) is 11.3 Å². The number of hydrogen-bond acceptors (Lipinski definition) is 3. The predicted molar refractivity (Wildman–Crippen MR) is 66.6 cm³/mol. The zero-order valence-corrected chi connectivity index (χ0v) is 10.9. The second-order valence-electron chi connectivity index (χ2n) is 6.01. The van der Waals surface area contributed by atoms with Gasteiger partial charge in [-0.1, -0.05) is 13.8 Å². The van der Waals surface area contributed by atoms with Crippen LogP contribution in [0.3, 0.4) is 0 Å². The van der Waals surface area contributed by atoms with Crippen molar-refractivity contribution in [1.82, 2.24) is 10.2 Å². The largest absolute Gasteiger partial charge is 0.391 e. The maximum Gasteiger partial charge on any atom is 0.223 e. The first kappa shape index (κ1) is 12.8. The Morgan fingerprint density at radius 2 is 2.06 bits per heavy atom. The molecule has 0 aromatic rings. The molecule has 2 fully saturated rings. The minimum atomic E-state index is -0.393. The summed E-state index contributed by atoms with van der Waals surface area (Å²) in [5, 5.41) is 13.2. The molecule has 2 N–H and O–H groups in total. The number of rotatable bonds is 3. The minimum Gasteiger partial charge on any atom is -0.391 e. The van der Waals surface area contributed by atoms with E-state index in [4.69, 9.17) is 0 Å². The monoisotopic (exact) mass is 240 g/mol. The first-order valence-electron chi connectivity index (χ1n) is 6.69. The summed E-state index contributed by atoms with van der Waals surface area (Å²) in [6.07, 6.45) is 2.47. The third kappa shape index (κ3) is 2.80. The van der Waals surface area contributed by atoms with Gasteiger partial charge in [-0.3, -0.25) is 4.79 Å². The zero-order valence-electron chi connectivity index (χ0n) is 10.9. The minimum absolute atomic E-state index is 0.193. The maximum atomic E-state index is 12.0. The molecule has 0 aromatic heterocycles. The number of β-amino-alcohol motifs (C(OH)–C–C–N with tert-alkyl or cyclic N) is 1. The van der Waals surface area contributed by atoms with E-state index in [9.17, 15) is 9.90 Å². The van der Waals surface area contributed by atoms with Gasteiger partial charge in [0, 0.05) is 19.5 Å². The van der Waals surface area contributed by atoms with Crippen LogP contribution in [-0.2, 0) is 4.79 Å². The molecule has 2 rings (SSSR count). The molecule has 1 spiro atoms. The Hall–Kier alpha value is -0.610. The third-order valence-electron chi connectivity index (χ3n) is 4.25. The van der Waals surface area contributed by atoms with E-state index < -0.39 is 6.10 Å². The van der Waals surface area contributed by atoms with Crippen molar-refractivity contribution in [3.63, 3.8) is 0 Å². The summed E-state index contributed by atoms with van der Waals surface area (Å²) in [5.41, 5.74) is 0.193. The van der Waals surface area contributed by atoms with Crippen molar-refractivity contribution < 1.29 is 9.90 Å². The van der Waals surface area contributed by atoms with E-state index in [0.717, 1.165) is 32.5 Å². The lowest BCUT2D eigenvalue weighted by atomic mass is 9.78. The van der Waals surface area contributed by atoms with Crippen LogP contribution in [0.4, 0.5) is 0 Å². The molecular weight excluding hydrogens is 216 g/mol. The summed E-state index contributed by atoms with van der Waals surface area (Å²) >= 11 is 0. The number of carbonyl (C=O) groups excluding carboxylic acids is 1. The van der Waals surface area contributed by atoms with Crippen LogP contribution in [0.25, 0.3) is 0 Å². The molecule has 98 valence electrons. The molecule has 2 heterocycles. The molecule has 2 aliphatic heterocycles. The Kier molecular flexibility index (Phi) is 3.73. The molecule has 1 unspecified atom stereocenters. The van der Waals surface area contributed by atoms with Crippen molar-refractivity contribution in [1.29, 1.82) is 0 Å². The van der Waals surface area contributed by atoms with E-state index in [1.54, 1.807) is 0 Å². The van der Waals surface area contributed by atoms with Gasteiger partial charge in [0.25, 0.3) is 0 Å². The Morgan fingerprint density at radius 3 is 2.65 bits per heavy atom. The lowest BCUT2D eigenvalue weighted by molar-refractivity contribution is -0.129. The van der Waals surface area contributed by atoms with Crippen molar-refractivity contribution in [3.05, 3.63) is 0 Å². The first-order valence-corrected chi connectivity index (χ1v) is 6.69. The van der Waals surface area contributed by atoms with Crippen molar-refractivity contribution >= 4 is 5.91 Å². The summed E-state index contributed by atoms with van der Waals surface area (Å²) < 4.78 is 0. The number of likely N-dealkylation sites (tertiary alicyclic amines) is 1. The standard InChI is InChI=1S/C13H24N2O2/c1-10(2)11(16)8-15-9-13(7-12(15)17)3-5-14-6-4-13/h10-11,14,16H,3-9H2,1-2H3. The fourth-order valence-corrected chi connectivity index (χ4v) is 2.88. The first-order chi connectivity index (χ1) is 8.02. The van der Waals surface area contributed by atoms with Gasteiger partial charge < -0.3 is 15.3 Å². The zero-order chi connectivity index (χ0) is 12.5. The van der Waals surface area contributed by atoms with Gasteiger partial charge >= 0.3 is 0 Å². The second-order valence-corrected chi connectivity index (χ2v) is 6.01. The molecule has 4 heteroatoms. The van der Waals surface area contributed by atoms with Gasteiger partial charge in [-0.15, -0.1) is 0 Å². The van der Waals surface area contributed by atoms with Crippen LogP contribution >= 0.6 is 0 Å². The van der Waals surface area contributed by atoms with Crippen LogP contribution in [0.5, 0.6) is 0 Å². The number of aliphatic hydroxyl groups excluding tert-OH is 1. The number of carbonyl (C=O) groups is 1. The fourth-order valence-electron chi connectivity index (χ4n) is 2.88. The number of aliphatic hydroxyl groups is 1. The Morgan fingerprint density at radius 1 is 1.41 bits per heavy atom. The number of nitrogens with one attached hydrogen (secondary N) is 1. The van der Waals surface area contributed by atoms with E-state index in [-0.39, 0.29) is 17.2 Å². The van der Waals surface area contributed by atoms with Gasteiger partial charge in [0.05, 0.1) is 6.10 Å². The van der Waals surface area contributed by atoms with E-state index in [0.29, 0.717) is 13.0 Å². The van der Waals surface area contributed by atoms with Gasteiger partial charge in [0.15, 0.2) is 0 Å². The maximum absolute atomic E-state index is 12.0. The van der Waals surface area contributed by atoms with E-state index in [2.05, 4.69) is 5.32 Å². The summed E-state index contributed by atoms with van der Waals surface area (Å²) in [7, 11) is 0. The molecular formula is C13H24N2O2. The van der Waals surface area contributed by atoms with Crippen molar-refractivity contribution in [3.8, 4) is 0 Å². The van der Waals surface area contributed by atoms with Crippen molar-refractivity contribution in [2.75, 3.05) is 26.2 Å². The summed E-state index contributed by atoms with van der Waals surface area (Å²) in [4.78, 5) is 13.9. The van der Waals surface area contributed by atoms with Gasteiger partial charge in [-0.2, -0.15) is 0 Å². The Labute approximate surface area is 103 Å². The normalized spacial score (nSPS) is 25.9. The molecule has 0 bridgehead atoms. The highest BCUT2D eigenvalue weighted by atomic mass is 16.3. The molecule has 2 aliphatic rings. The lowest BCUT2D eigenvalue weighted by Gasteiger charge is -2.33. The second kappa shape index (κ2) is 4.94. The Balaban J connectivity index is 1.95. The number of piperidine rings is 1. The third-order valence-corrected chi connectivity index (χ3v) is 4.25. The molecule has 4 nitrogen and oxygen atoms in total. The number of hydrogen-bond donors (Lipinski definition) is 2. The highest BCUT2D eigenvalue weighted by molar-refractivity contribution is 5.79. The summed E-state index contributed by atoms with van der Waals surface area (Å²) in [6, 6.07) is 0. The average Bonchev–Trinajstić information content (AvgIpc) is 2.56. The quantitative estimate of drug-likeness (QED) is 0.760. The summed E-state index contributed by atoms with van der Waals surface area (Å²) in [5.74, 6) is 0.443. The Bertz CT molecular complexity index is 285. The molecule has 2 saturated heterocycles. The van der Waals surface area contributed by atoms with Crippen molar-refractivity contribution in [2.24, 2.45) is 11.3 Å². The number of amides is 1.